The van der Waals surface area contributed by atoms with E-state index in [0.29, 0.717) is 0 Å². The van der Waals surface area contributed by atoms with E-state index in [1.165, 1.54) is 36.1 Å². The zero-order valence-corrected chi connectivity index (χ0v) is 17.7. The van der Waals surface area contributed by atoms with Gasteiger partial charge in [-0.05, 0) is 43.0 Å². The van der Waals surface area contributed by atoms with Crippen LogP contribution in [0, 0.1) is 0 Å². The summed E-state index contributed by atoms with van der Waals surface area (Å²) in [6.45, 7) is 3.15. The Hall–Kier alpha value is -2.07. The third-order valence-electron chi connectivity index (χ3n) is 4.88. The first-order valence-electron chi connectivity index (χ1n) is 9.64. The Kier molecular flexibility index (Phi) is 7.11. The minimum Gasteiger partial charge on any atom is -0.496 e. The average Bonchev–Trinajstić information content (AvgIpc) is 3.09. The zero-order valence-electron chi connectivity index (χ0n) is 16.1. The molecule has 27 heavy (non-hydrogen) atoms. The van der Waals surface area contributed by atoms with Gasteiger partial charge in [-0.3, -0.25) is 0 Å². The highest BCUT2D eigenvalue weighted by Crippen LogP contribution is 2.27. The maximum absolute atomic E-state index is 5.50. The molecule has 4 heteroatoms. The van der Waals surface area contributed by atoms with E-state index in [1.54, 1.807) is 7.11 Å². The summed E-state index contributed by atoms with van der Waals surface area (Å²) in [5.74, 6) is 0.956. The van der Waals surface area contributed by atoms with Crippen LogP contribution in [-0.4, -0.2) is 16.7 Å². The third kappa shape index (κ3) is 5.01. The van der Waals surface area contributed by atoms with Crippen molar-refractivity contribution in [2.24, 2.45) is 0 Å². The Morgan fingerprint density at radius 2 is 1.89 bits per heavy atom. The highest BCUT2D eigenvalue weighted by atomic mass is 79.9. The van der Waals surface area contributed by atoms with Crippen LogP contribution in [0.3, 0.4) is 0 Å². The number of aromatic nitrogens is 2. The first-order valence-corrected chi connectivity index (χ1v) is 10.4. The van der Waals surface area contributed by atoms with Crippen molar-refractivity contribution in [1.29, 1.82) is 0 Å². The average molecular weight is 427 g/mol. The molecule has 1 aromatic heterocycles. The summed E-state index contributed by atoms with van der Waals surface area (Å²) in [4.78, 5) is 4.77. The molecule has 0 bridgehead atoms. The molecular formula is C23H27BrN2O. The predicted octanol–water partition coefficient (Wildman–Crippen LogP) is 6.30. The molecule has 0 fully saturated rings. The molecule has 3 aromatic rings. The van der Waals surface area contributed by atoms with E-state index in [1.807, 2.05) is 18.5 Å². The number of nitrogens with zero attached hydrogens (tertiary/aromatic N) is 2. The molecule has 2 aromatic carbocycles. The smallest absolute Gasteiger partial charge is 0.122 e. The number of imidazole rings is 1. The van der Waals surface area contributed by atoms with Gasteiger partial charge in [-0.2, -0.15) is 0 Å². The number of ether oxygens (including phenoxy) is 1. The number of aryl methyl sites for hydroxylation is 2. The molecule has 0 unspecified atom stereocenters. The number of para-hydroxylation sites is 1. The first kappa shape index (κ1) is 19.7. The fourth-order valence-electron chi connectivity index (χ4n) is 3.43. The summed E-state index contributed by atoms with van der Waals surface area (Å²) in [6.07, 6.45) is 7.64. The molecule has 0 atom stereocenters. The number of benzene rings is 2. The summed E-state index contributed by atoms with van der Waals surface area (Å²) in [7, 11) is 1.73. The second-order valence-electron chi connectivity index (χ2n) is 6.76. The Labute approximate surface area is 170 Å². The van der Waals surface area contributed by atoms with Gasteiger partial charge >= 0.3 is 0 Å². The van der Waals surface area contributed by atoms with Gasteiger partial charge in [-0.1, -0.05) is 66.0 Å². The van der Waals surface area contributed by atoms with Crippen molar-refractivity contribution in [3.63, 3.8) is 0 Å². The predicted molar refractivity (Wildman–Crippen MR) is 115 cm³/mol. The number of hydrogen-bond donors (Lipinski definition) is 0. The second-order valence-corrected chi connectivity index (χ2v) is 7.68. The van der Waals surface area contributed by atoms with E-state index in [4.69, 9.17) is 9.72 Å². The van der Waals surface area contributed by atoms with Crippen LogP contribution in [0.15, 0.2) is 59.3 Å². The van der Waals surface area contributed by atoms with Crippen molar-refractivity contribution in [2.75, 3.05) is 7.11 Å². The molecule has 0 aliphatic carbocycles. The van der Waals surface area contributed by atoms with Crippen LogP contribution >= 0.6 is 15.9 Å². The van der Waals surface area contributed by atoms with E-state index in [9.17, 15) is 0 Å². The van der Waals surface area contributed by atoms with Crippen LogP contribution in [0.4, 0.5) is 0 Å². The van der Waals surface area contributed by atoms with E-state index in [0.717, 1.165) is 35.3 Å². The maximum Gasteiger partial charge on any atom is 0.122 e. The maximum atomic E-state index is 5.50. The molecule has 3 rings (SSSR count). The normalized spacial score (nSPS) is 10.9. The summed E-state index contributed by atoms with van der Waals surface area (Å²) in [5, 5.41) is 0. The van der Waals surface area contributed by atoms with Crippen LogP contribution in [0.2, 0.25) is 0 Å². The van der Waals surface area contributed by atoms with Crippen molar-refractivity contribution in [3.8, 4) is 17.0 Å². The SMILES string of the molecule is CCCCCc1c(-c2cccc(Br)c2)ncn1CCc1ccccc1OC. The van der Waals surface area contributed by atoms with Gasteiger partial charge in [0.05, 0.1) is 19.1 Å². The number of unbranched alkanes of at least 4 members (excludes halogenated alkanes) is 2. The van der Waals surface area contributed by atoms with Gasteiger partial charge in [0.2, 0.25) is 0 Å². The fourth-order valence-corrected chi connectivity index (χ4v) is 3.83. The Bertz CT molecular complexity index is 872. The number of halogens is 1. The van der Waals surface area contributed by atoms with Crippen LogP contribution in [0.5, 0.6) is 5.75 Å². The number of rotatable bonds is 9. The molecule has 0 aliphatic rings. The lowest BCUT2D eigenvalue weighted by Crippen LogP contribution is -2.06. The van der Waals surface area contributed by atoms with Gasteiger partial charge in [0, 0.05) is 22.3 Å². The van der Waals surface area contributed by atoms with Crippen LogP contribution < -0.4 is 4.74 Å². The van der Waals surface area contributed by atoms with E-state index < -0.39 is 0 Å². The molecule has 3 nitrogen and oxygen atoms in total. The molecule has 0 aliphatic heterocycles. The third-order valence-corrected chi connectivity index (χ3v) is 5.37. The second kappa shape index (κ2) is 9.75. The molecule has 1 heterocycles. The summed E-state index contributed by atoms with van der Waals surface area (Å²) < 4.78 is 8.91. The van der Waals surface area contributed by atoms with Gasteiger partial charge in [0.15, 0.2) is 0 Å². The minimum absolute atomic E-state index is 0.906. The molecular weight excluding hydrogens is 400 g/mol. The molecule has 0 radical (unpaired) electrons. The monoisotopic (exact) mass is 426 g/mol. The number of methoxy groups -OCH3 is 1. The van der Waals surface area contributed by atoms with Crippen LogP contribution in [0.1, 0.15) is 37.4 Å². The molecule has 0 spiro atoms. The topological polar surface area (TPSA) is 27.1 Å². The van der Waals surface area contributed by atoms with E-state index in [-0.39, 0.29) is 0 Å². The highest BCUT2D eigenvalue weighted by Gasteiger charge is 2.13. The first-order chi connectivity index (χ1) is 13.2. The minimum atomic E-state index is 0.906. The molecule has 0 saturated carbocycles. The summed E-state index contributed by atoms with van der Waals surface area (Å²) >= 11 is 3.58. The lowest BCUT2D eigenvalue weighted by molar-refractivity contribution is 0.408. The quantitative estimate of drug-likeness (QED) is 0.375. The van der Waals surface area contributed by atoms with Crippen molar-refractivity contribution in [2.45, 2.75) is 45.6 Å². The van der Waals surface area contributed by atoms with Crippen molar-refractivity contribution in [1.82, 2.24) is 9.55 Å². The van der Waals surface area contributed by atoms with Gasteiger partial charge in [0.1, 0.15) is 5.75 Å². The highest BCUT2D eigenvalue weighted by molar-refractivity contribution is 9.10. The summed E-state index contributed by atoms with van der Waals surface area (Å²) in [5.41, 5.74) is 4.84. The summed E-state index contributed by atoms with van der Waals surface area (Å²) in [6, 6.07) is 16.7. The molecule has 142 valence electrons. The molecule has 0 saturated heterocycles. The number of hydrogen-bond acceptors (Lipinski definition) is 2. The van der Waals surface area contributed by atoms with Gasteiger partial charge < -0.3 is 9.30 Å². The zero-order chi connectivity index (χ0) is 19.1. The lowest BCUT2D eigenvalue weighted by atomic mass is 10.1. The largest absolute Gasteiger partial charge is 0.496 e. The van der Waals surface area contributed by atoms with Crippen molar-refractivity contribution in [3.05, 3.63) is 70.6 Å². The Morgan fingerprint density at radius 3 is 2.67 bits per heavy atom. The molecule has 0 N–H and O–H groups in total. The van der Waals surface area contributed by atoms with Gasteiger partial charge in [-0.25, -0.2) is 4.98 Å². The van der Waals surface area contributed by atoms with Crippen LogP contribution in [-0.2, 0) is 19.4 Å². The fraction of sp³-hybridized carbons (Fsp3) is 0.348. The Balaban J connectivity index is 1.85. The van der Waals surface area contributed by atoms with Crippen LogP contribution in [0.25, 0.3) is 11.3 Å². The standard InChI is InChI=1S/C23H27BrN2O/c1-3-4-5-12-21-23(19-10-8-11-20(24)16-19)25-17-26(21)15-14-18-9-6-7-13-22(18)27-2/h6-11,13,16-17H,3-5,12,14-15H2,1-2H3. The Morgan fingerprint density at radius 1 is 1.04 bits per heavy atom. The van der Waals surface area contributed by atoms with E-state index >= 15 is 0 Å². The van der Waals surface area contributed by atoms with Gasteiger partial charge in [-0.15, -0.1) is 0 Å². The lowest BCUT2D eigenvalue weighted by Gasteiger charge is -2.12. The van der Waals surface area contributed by atoms with Crippen molar-refractivity contribution < 1.29 is 4.74 Å². The van der Waals surface area contributed by atoms with E-state index in [2.05, 4.69) is 63.8 Å². The molecule has 0 amide bonds. The van der Waals surface area contributed by atoms with Gasteiger partial charge in [0.25, 0.3) is 0 Å². The van der Waals surface area contributed by atoms with Crippen molar-refractivity contribution >= 4 is 15.9 Å².